The minimum Gasteiger partial charge on any atom is -0.480 e. The maximum absolute atomic E-state index is 13.4. The molecule has 3 N–H and O–H groups in total. The van der Waals surface area contributed by atoms with Gasteiger partial charge in [-0.15, -0.1) is 11.3 Å². The topological polar surface area (TPSA) is 79.5 Å². The molecule has 2 aromatic carbocycles. The number of rotatable bonds is 14. The molecule has 40 heavy (non-hydrogen) atoms. The van der Waals surface area contributed by atoms with E-state index < -0.39 is 6.10 Å². The van der Waals surface area contributed by atoms with Gasteiger partial charge < -0.3 is 10.1 Å². The molecule has 1 aromatic heterocycles. The number of carbonyl (C=O) groups excluding carboxylic acids is 2. The van der Waals surface area contributed by atoms with Gasteiger partial charge in [-0.2, -0.15) is 0 Å². The second-order valence-electron chi connectivity index (χ2n) is 11.6. The largest absolute Gasteiger partial charge is 0.480 e. The quantitative estimate of drug-likeness (QED) is 0.172. The normalized spacial score (nSPS) is 12.5. The van der Waals surface area contributed by atoms with Crippen LogP contribution in [-0.2, 0) is 15.6 Å². The van der Waals surface area contributed by atoms with Crippen LogP contribution in [-0.4, -0.2) is 17.9 Å². The van der Waals surface area contributed by atoms with E-state index in [1.165, 1.54) is 16.9 Å². The second-order valence-corrected chi connectivity index (χ2v) is 12.5. The smallest absolute Gasteiger partial charge is 0.279 e. The van der Waals surface area contributed by atoms with Crippen LogP contribution in [0.4, 0.5) is 11.4 Å². The van der Waals surface area contributed by atoms with Gasteiger partial charge in [0.05, 0.1) is 10.6 Å². The van der Waals surface area contributed by atoms with Crippen molar-refractivity contribution in [3.05, 3.63) is 76.0 Å². The third-order valence-electron chi connectivity index (χ3n) is 7.86. The van der Waals surface area contributed by atoms with E-state index in [9.17, 15) is 9.59 Å². The number of carbonyl (C=O) groups is 2. The first-order valence-electron chi connectivity index (χ1n) is 14.3. The molecule has 0 aliphatic heterocycles. The number of benzene rings is 2. The van der Waals surface area contributed by atoms with E-state index in [1.807, 2.05) is 35.7 Å². The van der Waals surface area contributed by atoms with Crippen molar-refractivity contribution in [1.82, 2.24) is 5.43 Å². The highest BCUT2D eigenvalue weighted by Gasteiger charge is 2.29. The molecule has 2 amide bonds. The maximum Gasteiger partial charge on any atom is 0.279 e. The Hall–Kier alpha value is -3.32. The fourth-order valence-corrected chi connectivity index (χ4v) is 4.84. The maximum atomic E-state index is 13.4. The molecule has 0 spiro atoms. The van der Waals surface area contributed by atoms with Crippen LogP contribution in [0.3, 0.4) is 0 Å². The van der Waals surface area contributed by atoms with Gasteiger partial charge in [0.25, 0.3) is 11.8 Å². The molecule has 6 nitrogen and oxygen atoms in total. The summed E-state index contributed by atoms with van der Waals surface area (Å²) in [5.41, 5.74) is 9.36. The monoisotopic (exact) mass is 563 g/mol. The van der Waals surface area contributed by atoms with Gasteiger partial charge in [-0.3, -0.25) is 20.4 Å². The van der Waals surface area contributed by atoms with Crippen LogP contribution >= 0.6 is 11.3 Å². The molecular formula is C33H45N3O3S. The molecule has 1 heterocycles. The van der Waals surface area contributed by atoms with Crippen molar-refractivity contribution in [2.45, 2.75) is 97.5 Å². The zero-order chi connectivity index (χ0) is 29.3. The van der Waals surface area contributed by atoms with Gasteiger partial charge in [0.1, 0.15) is 5.75 Å². The summed E-state index contributed by atoms with van der Waals surface area (Å²) in [4.78, 5) is 26.2. The molecule has 0 bridgehead atoms. The van der Waals surface area contributed by atoms with E-state index in [4.69, 9.17) is 4.74 Å². The van der Waals surface area contributed by atoms with Gasteiger partial charge in [0.2, 0.25) is 0 Å². The van der Waals surface area contributed by atoms with Crippen LogP contribution in [0.5, 0.6) is 5.75 Å². The molecular weight excluding hydrogens is 518 g/mol. The van der Waals surface area contributed by atoms with E-state index in [1.54, 1.807) is 6.07 Å². The van der Waals surface area contributed by atoms with Gasteiger partial charge in [-0.05, 0) is 83.9 Å². The summed E-state index contributed by atoms with van der Waals surface area (Å²) in [5, 5.41) is 4.88. The molecule has 3 rings (SSSR count). The highest BCUT2D eigenvalue weighted by Crippen LogP contribution is 2.39. The zero-order valence-corrected chi connectivity index (χ0v) is 25.8. The molecule has 1 unspecified atom stereocenters. The SMILES string of the molecule is CCCCC(Oc1ccc(C(C)(C)CC)cc1C(C)(C)CC)C(=O)Nc1ccc(NNC(=O)c2cccs2)cc1. The highest BCUT2D eigenvalue weighted by molar-refractivity contribution is 7.12. The van der Waals surface area contributed by atoms with Crippen LogP contribution in [0.15, 0.2) is 60.0 Å². The minimum atomic E-state index is -0.612. The third kappa shape index (κ3) is 8.10. The van der Waals surface area contributed by atoms with Gasteiger partial charge in [-0.1, -0.05) is 73.1 Å². The lowest BCUT2D eigenvalue weighted by Crippen LogP contribution is -2.34. The number of amides is 2. The van der Waals surface area contributed by atoms with E-state index in [-0.39, 0.29) is 22.6 Å². The Kier molecular flexibility index (Phi) is 10.8. The molecule has 3 aromatic rings. The zero-order valence-electron chi connectivity index (χ0n) is 25.0. The van der Waals surface area contributed by atoms with Crippen molar-refractivity contribution < 1.29 is 14.3 Å². The minimum absolute atomic E-state index is 0.0594. The summed E-state index contributed by atoms with van der Waals surface area (Å²) in [6, 6.07) is 17.3. The Morgan fingerprint density at radius 3 is 2.17 bits per heavy atom. The van der Waals surface area contributed by atoms with Crippen LogP contribution in [0, 0.1) is 0 Å². The summed E-state index contributed by atoms with van der Waals surface area (Å²) in [6.07, 6.45) is 3.87. The lowest BCUT2D eigenvalue weighted by molar-refractivity contribution is -0.123. The van der Waals surface area contributed by atoms with Gasteiger partial charge in [0, 0.05) is 11.3 Å². The number of unbranched alkanes of at least 4 members (excludes halogenated alkanes) is 1. The molecule has 0 saturated heterocycles. The van der Waals surface area contributed by atoms with Crippen molar-refractivity contribution in [3.63, 3.8) is 0 Å². The van der Waals surface area contributed by atoms with Gasteiger partial charge >= 0.3 is 0 Å². The number of hydrogen-bond donors (Lipinski definition) is 3. The molecule has 1 atom stereocenters. The Balaban J connectivity index is 1.75. The van der Waals surface area contributed by atoms with Gasteiger partial charge in [0.15, 0.2) is 6.10 Å². The molecule has 0 aliphatic carbocycles. The number of anilines is 2. The first-order chi connectivity index (χ1) is 19.0. The molecule has 7 heteroatoms. The molecule has 0 aliphatic rings. The van der Waals surface area contributed by atoms with Crippen molar-refractivity contribution in [3.8, 4) is 5.75 Å². The van der Waals surface area contributed by atoms with E-state index >= 15 is 0 Å². The Bertz CT molecular complexity index is 1250. The Morgan fingerprint density at radius 2 is 1.57 bits per heavy atom. The second kappa shape index (κ2) is 13.8. The summed E-state index contributed by atoms with van der Waals surface area (Å²) >= 11 is 1.38. The van der Waals surface area contributed by atoms with Crippen molar-refractivity contribution in [2.75, 3.05) is 10.7 Å². The van der Waals surface area contributed by atoms with Crippen molar-refractivity contribution in [2.24, 2.45) is 0 Å². The molecule has 0 radical (unpaired) electrons. The van der Waals surface area contributed by atoms with Gasteiger partial charge in [-0.25, -0.2) is 0 Å². The number of hydrogen-bond acceptors (Lipinski definition) is 5. The lowest BCUT2D eigenvalue weighted by Gasteiger charge is -2.31. The van der Waals surface area contributed by atoms with Crippen LogP contribution in [0.2, 0.25) is 0 Å². The molecule has 0 saturated carbocycles. The first-order valence-corrected chi connectivity index (χ1v) is 15.2. The van der Waals surface area contributed by atoms with E-state index in [2.05, 4.69) is 82.8 Å². The summed E-state index contributed by atoms with van der Waals surface area (Å²) < 4.78 is 6.52. The predicted molar refractivity (Wildman–Crippen MR) is 167 cm³/mol. The van der Waals surface area contributed by atoms with Crippen LogP contribution in [0.25, 0.3) is 0 Å². The average molecular weight is 564 g/mol. The number of nitrogens with one attached hydrogen (secondary N) is 3. The molecule has 216 valence electrons. The molecule has 0 fully saturated rings. The van der Waals surface area contributed by atoms with Crippen molar-refractivity contribution >= 4 is 34.5 Å². The fourth-order valence-electron chi connectivity index (χ4n) is 4.22. The average Bonchev–Trinajstić information content (AvgIpc) is 3.50. The summed E-state index contributed by atoms with van der Waals surface area (Å²) in [7, 11) is 0. The van der Waals surface area contributed by atoms with E-state index in [0.29, 0.717) is 22.7 Å². The van der Waals surface area contributed by atoms with Crippen LogP contribution in [0.1, 0.15) is 101 Å². The number of ether oxygens (including phenoxy) is 1. The summed E-state index contributed by atoms with van der Waals surface area (Å²) in [5.74, 6) is 0.415. The standard InChI is InChI=1S/C33H45N3O3S/c1-8-11-13-28(39-27-20-15-23(32(4,5)9-2)22-26(27)33(6,7)10-3)30(37)34-24-16-18-25(19-17-24)35-36-31(38)29-14-12-21-40-29/h12,14-22,28,35H,8-11,13H2,1-7H3,(H,34,37)(H,36,38). The predicted octanol–water partition coefficient (Wildman–Crippen LogP) is 8.46. The first kappa shape index (κ1) is 31.2. The third-order valence-corrected chi connectivity index (χ3v) is 8.73. The lowest BCUT2D eigenvalue weighted by atomic mass is 9.76. The summed E-state index contributed by atoms with van der Waals surface area (Å²) in [6.45, 7) is 15.5. The fraction of sp³-hybridized carbons (Fsp3) is 0.455. The Labute approximate surface area is 243 Å². The van der Waals surface area contributed by atoms with Crippen LogP contribution < -0.4 is 20.9 Å². The Morgan fingerprint density at radius 1 is 0.900 bits per heavy atom. The van der Waals surface area contributed by atoms with Crippen molar-refractivity contribution in [1.29, 1.82) is 0 Å². The number of hydrazine groups is 1. The highest BCUT2D eigenvalue weighted by atomic mass is 32.1. The van der Waals surface area contributed by atoms with E-state index in [0.717, 1.165) is 37.0 Å². The number of thiophene rings is 1.